The van der Waals surface area contributed by atoms with Crippen molar-refractivity contribution in [1.29, 1.82) is 0 Å². The topological polar surface area (TPSA) is 69.7 Å². The molecule has 2 aromatic rings. The molecule has 6 nitrogen and oxygen atoms in total. The molecular weight excluding hydrogens is 437 g/mol. The standard InChI is InChI=1S/C23H25Cl2N3O3/c1-3-10-27(14-21(29)26-19-7-6-17(24)13-18(19)25)23(31)16-5-8-20-15(12-16)9-11-28(20)22(30)4-2/h5-8,12-13H,3-4,9-11,14H2,1-2H3,(H,26,29). The van der Waals surface area contributed by atoms with Crippen molar-refractivity contribution >= 4 is 52.3 Å². The maximum atomic E-state index is 13.1. The van der Waals surface area contributed by atoms with Gasteiger partial charge in [-0.2, -0.15) is 0 Å². The smallest absolute Gasteiger partial charge is 0.254 e. The van der Waals surface area contributed by atoms with Crippen LogP contribution >= 0.6 is 23.2 Å². The molecule has 1 heterocycles. The van der Waals surface area contributed by atoms with Crippen molar-refractivity contribution < 1.29 is 14.4 Å². The van der Waals surface area contributed by atoms with Gasteiger partial charge in [-0.25, -0.2) is 0 Å². The lowest BCUT2D eigenvalue weighted by Gasteiger charge is -2.22. The molecule has 164 valence electrons. The summed E-state index contributed by atoms with van der Waals surface area (Å²) in [5, 5.41) is 3.54. The average Bonchev–Trinajstić information content (AvgIpc) is 3.17. The second kappa shape index (κ2) is 10.2. The second-order valence-corrected chi connectivity index (χ2v) is 8.24. The third kappa shape index (κ3) is 5.38. The van der Waals surface area contributed by atoms with Crippen LogP contribution in [0.2, 0.25) is 10.0 Å². The number of carbonyl (C=O) groups is 3. The minimum Gasteiger partial charge on any atom is -0.329 e. The molecule has 8 heteroatoms. The lowest BCUT2D eigenvalue weighted by Crippen LogP contribution is -2.38. The summed E-state index contributed by atoms with van der Waals surface area (Å²) in [4.78, 5) is 41.1. The molecule has 1 aliphatic heterocycles. The van der Waals surface area contributed by atoms with Gasteiger partial charge in [0.1, 0.15) is 6.54 Å². The molecule has 0 spiro atoms. The van der Waals surface area contributed by atoms with Crippen molar-refractivity contribution in [2.45, 2.75) is 33.1 Å². The molecule has 2 aromatic carbocycles. The summed E-state index contributed by atoms with van der Waals surface area (Å²) in [7, 11) is 0. The van der Waals surface area contributed by atoms with E-state index >= 15 is 0 Å². The van der Waals surface area contributed by atoms with Crippen LogP contribution in [0, 0.1) is 0 Å². The predicted octanol–water partition coefficient (Wildman–Crippen LogP) is 4.78. The van der Waals surface area contributed by atoms with Gasteiger partial charge in [-0.05, 0) is 54.8 Å². The van der Waals surface area contributed by atoms with E-state index in [1.807, 2.05) is 26.0 Å². The Hall–Kier alpha value is -2.57. The monoisotopic (exact) mass is 461 g/mol. The maximum Gasteiger partial charge on any atom is 0.254 e. The van der Waals surface area contributed by atoms with E-state index in [0.29, 0.717) is 53.6 Å². The molecular formula is C23H25Cl2N3O3. The molecule has 0 saturated carbocycles. The fraction of sp³-hybridized carbons (Fsp3) is 0.348. The zero-order valence-electron chi connectivity index (χ0n) is 17.6. The lowest BCUT2D eigenvalue weighted by atomic mass is 10.1. The number of amides is 3. The molecule has 31 heavy (non-hydrogen) atoms. The van der Waals surface area contributed by atoms with E-state index in [9.17, 15) is 14.4 Å². The van der Waals surface area contributed by atoms with Gasteiger partial charge in [0, 0.05) is 35.8 Å². The lowest BCUT2D eigenvalue weighted by molar-refractivity contribution is -0.118. The summed E-state index contributed by atoms with van der Waals surface area (Å²) >= 11 is 12.0. The van der Waals surface area contributed by atoms with Gasteiger partial charge in [0.15, 0.2) is 0 Å². The van der Waals surface area contributed by atoms with Crippen LogP contribution in [0.1, 0.15) is 42.6 Å². The first-order chi connectivity index (χ1) is 14.8. The molecule has 0 aliphatic carbocycles. The van der Waals surface area contributed by atoms with Crippen molar-refractivity contribution in [2.75, 3.05) is 29.9 Å². The zero-order valence-corrected chi connectivity index (χ0v) is 19.1. The van der Waals surface area contributed by atoms with Crippen molar-refractivity contribution in [3.8, 4) is 0 Å². The van der Waals surface area contributed by atoms with Crippen molar-refractivity contribution in [1.82, 2.24) is 4.90 Å². The van der Waals surface area contributed by atoms with Gasteiger partial charge in [-0.1, -0.05) is 37.0 Å². The highest BCUT2D eigenvalue weighted by atomic mass is 35.5. The summed E-state index contributed by atoms with van der Waals surface area (Å²) in [6.07, 6.45) is 1.87. The Bertz CT molecular complexity index is 1010. The minimum atomic E-state index is -0.341. The Morgan fingerprint density at radius 3 is 2.55 bits per heavy atom. The number of hydrogen-bond donors (Lipinski definition) is 1. The van der Waals surface area contributed by atoms with Crippen molar-refractivity contribution in [2.24, 2.45) is 0 Å². The predicted molar refractivity (Wildman–Crippen MR) is 124 cm³/mol. The number of anilines is 2. The highest BCUT2D eigenvalue weighted by Crippen LogP contribution is 2.30. The van der Waals surface area contributed by atoms with Crippen LogP contribution in [0.3, 0.4) is 0 Å². The Morgan fingerprint density at radius 1 is 1.10 bits per heavy atom. The molecule has 0 saturated heterocycles. The van der Waals surface area contributed by atoms with Gasteiger partial charge in [-0.3, -0.25) is 14.4 Å². The maximum absolute atomic E-state index is 13.1. The minimum absolute atomic E-state index is 0.0722. The molecule has 0 bridgehead atoms. The van der Waals surface area contributed by atoms with Gasteiger partial charge < -0.3 is 15.1 Å². The average molecular weight is 462 g/mol. The number of carbonyl (C=O) groups excluding carboxylic acids is 3. The number of rotatable bonds is 7. The number of nitrogens with one attached hydrogen (secondary N) is 1. The first-order valence-corrected chi connectivity index (χ1v) is 11.1. The molecule has 3 rings (SSSR count). The Labute approximate surface area is 192 Å². The van der Waals surface area contributed by atoms with E-state index in [1.54, 1.807) is 29.2 Å². The van der Waals surface area contributed by atoms with Crippen LogP contribution in [0.25, 0.3) is 0 Å². The van der Waals surface area contributed by atoms with Crippen LogP contribution in [-0.4, -0.2) is 42.3 Å². The number of hydrogen-bond acceptors (Lipinski definition) is 3. The Morgan fingerprint density at radius 2 is 1.87 bits per heavy atom. The third-order valence-corrected chi connectivity index (χ3v) is 5.69. The summed E-state index contributed by atoms with van der Waals surface area (Å²) in [6, 6.07) is 10.2. The molecule has 0 fully saturated rings. The highest BCUT2D eigenvalue weighted by Gasteiger charge is 2.26. The Balaban J connectivity index is 1.73. The molecule has 0 aromatic heterocycles. The number of benzene rings is 2. The molecule has 1 N–H and O–H groups in total. The van der Waals surface area contributed by atoms with E-state index in [0.717, 1.165) is 11.3 Å². The van der Waals surface area contributed by atoms with E-state index in [-0.39, 0.29) is 24.3 Å². The van der Waals surface area contributed by atoms with Crippen LogP contribution < -0.4 is 10.2 Å². The molecule has 0 unspecified atom stereocenters. The Kier molecular flexibility index (Phi) is 7.57. The fourth-order valence-electron chi connectivity index (χ4n) is 3.64. The molecule has 3 amide bonds. The highest BCUT2D eigenvalue weighted by molar-refractivity contribution is 6.36. The van der Waals surface area contributed by atoms with E-state index in [2.05, 4.69) is 5.32 Å². The van der Waals surface area contributed by atoms with Crippen LogP contribution in [0.15, 0.2) is 36.4 Å². The largest absolute Gasteiger partial charge is 0.329 e. The van der Waals surface area contributed by atoms with E-state index < -0.39 is 0 Å². The molecule has 0 radical (unpaired) electrons. The van der Waals surface area contributed by atoms with Crippen LogP contribution in [0.4, 0.5) is 11.4 Å². The van der Waals surface area contributed by atoms with Crippen molar-refractivity contribution in [3.63, 3.8) is 0 Å². The summed E-state index contributed by atoms with van der Waals surface area (Å²) in [6.45, 7) is 4.76. The zero-order chi connectivity index (χ0) is 22.5. The molecule has 1 aliphatic rings. The normalized spacial score (nSPS) is 12.5. The quantitative estimate of drug-likeness (QED) is 0.644. The summed E-state index contributed by atoms with van der Waals surface area (Å²) < 4.78 is 0. The van der Waals surface area contributed by atoms with Gasteiger partial charge in [-0.15, -0.1) is 0 Å². The van der Waals surface area contributed by atoms with Gasteiger partial charge in [0.25, 0.3) is 5.91 Å². The first kappa shape index (κ1) is 23.1. The second-order valence-electron chi connectivity index (χ2n) is 7.39. The number of nitrogens with zero attached hydrogens (tertiary/aromatic N) is 2. The van der Waals surface area contributed by atoms with Gasteiger partial charge in [0.05, 0.1) is 10.7 Å². The first-order valence-electron chi connectivity index (χ1n) is 10.3. The summed E-state index contributed by atoms with van der Waals surface area (Å²) in [5.41, 5.74) is 2.79. The third-order valence-electron chi connectivity index (χ3n) is 5.15. The SMILES string of the molecule is CCCN(CC(=O)Nc1ccc(Cl)cc1Cl)C(=O)c1ccc2c(c1)CCN2C(=O)CC. The van der Waals surface area contributed by atoms with Gasteiger partial charge >= 0.3 is 0 Å². The van der Waals surface area contributed by atoms with Crippen molar-refractivity contribution in [3.05, 3.63) is 57.6 Å². The van der Waals surface area contributed by atoms with Crippen LogP contribution in [-0.2, 0) is 16.0 Å². The number of fused-ring (bicyclic) bond motifs is 1. The van der Waals surface area contributed by atoms with Crippen LogP contribution in [0.5, 0.6) is 0 Å². The molecule has 0 atom stereocenters. The number of halogens is 2. The summed E-state index contributed by atoms with van der Waals surface area (Å²) in [5.74, 6) is -0.489. The van der Waals surface area contributed by atoms with E-state index in [1.165, 1.54) is 4.90 Å². The van der Waals surface area contributed by atoms with Gasteiger partial charge in [0.2, 0.25) is 11.8 Å². The fourth-order valence-corrected chi connectivity index (χ4v) is 4.10. The van der Waals surface area contributed by atoms with E-state index in [4.69, 9.17) is 23.2 Å².